The van der Waals surface area contributed by atoms with Crippen molar-refractivity contribution < 1.29 is 4.79 Å². The van der Waals surface area contributed by atoms with Gasteiger partial charge in [-0.3, -0.25) is 4.79 Å². The Morgan fingerprint density at radius 1 is 1.20 bits per heavy atom. The highest BCUT2D eigenvalue weighted by molar-refractivity contribution is 6.35. The molecular formula is C10H8Cl2N2O. The Hall–Kier alpha value is -1.19. The highest BCUT2D eigenvalue weighted by Gasteiger charge is 2.29. The molecule has 0 fully saturated rings. The molecule has 1 heterocycles. The summed E-state index contributed by atoms with van der Waals surface area (Å²) in [6.07, 6.45) is 3.09. The molecule has 3 nitrogen and oxygen atoms in total. The van der Waals surface area contributed by atoms with Crippen molar-refractivity contribution in [2.45, 2.75) is 5.38 Å². The van der Waals surface area contributed by atoms with Crippen LogP contribution < -0.4 is 5.01 Å². The summed E-state index contributed by atoms with van der Waals surface area (Å²) < 4.78 is 1.19. The van der Waals surface area contributed by atoms with Crippen molar-refractivity contribution in [2.24, 2.45) is 0 Å². The molecule has 1 amide bonds. The zero-order chi connectivity index (χ0) is 10.8. The number of halogens is 2. The molecule has 1 aliphatic rings. The molecule has 1 aromatic rings. The molecule has 0 saturated heterocycles. The minimum atomic E-state index is -0.666. The van der Waals surface area contributed by atoms with E-state index in [2.05, 4.69) is 0 Å². The van der Waals surface area contributed by atoms with Gasteiger partial charge in [-0.25, -0.2) is 5.01 Å². The molecular weight excluding hydrogens is 235 g/mol. The number of nitrogens with zero attached hydrogens (tertiary/aromatic N) is 2. The van der Waals surface area contributed by atoms with Gasteiger partial charge in [0.15, 0.2) is 0 Å². The van der Waals surface area contributed by atoms with Crippen molar-refractivity contribution in [3.05, 3.63) is 42.6 Å². The lowest BCUT2D eigenvalue weighted by atomic mass is 10.2. The molecule has 0 aromatic heterocycles. The van der Waals surface area contributed by atoms with Crippen LogP contribution in [0, 0.1) is 0 Å². The topological polar surface area (TPSA) is 23.6 Å². The molecule has 0 aliphatic carbocycles. The van der Waals surface area contributed by atoms with Crippen LogP contribution in [0.15, 0.2) is 42.6 Å². The summed E-state index contributed by atoms with van der Waals surface area (Å²) in [6, 6.07) is 9.10. The first-order valence-corrected chi connectivity index (χ1v) is 5.14. The lowest BCUT2D eigenvalue weighted by Crippen LogP contribution is -2.45. The predicted octanol–water partition coefficient (Wildman–Crippen LogP) is 2.53. The number of carbonyl (C=O) groups is 1. The molecule has 1 aromatic carbocycles. The molecule has 0 bridgehead atoms. The third-order valence-electron chi connectivity index (χ3n) is 2.01. The van der Waals surface area contributed by atoms with Gasteiger partial charge in [-0.15, -0.1) is 11.6 Å². The monoisotopic (exact) mass is 242 g/mol. The first kappa shape index (κ1) is 10.3. The van der Waals surface area contributed by atoms with Crippen molar-refractivity contribution in [1.82, 2.24) is 4.53 Å². The second-order valence-electron chi connectivity index (χ2n) is 3.02. The van der Waals surface area contributed by atoms with Crippen LogP contribution in [0.1, 0.15) is 0 Å². The molecule has 1 atom stereocenters. The van der Waals surface area contributed by atoms with E-state index in [1.54, 1.807) is 18.3 Å². The van der Waals surface area contributed by atoms with Crippen LogP contribution in [-0.4, -0.2) is 15.8 Å². The third kappa shape index (κ3) is 1.94. The number of hydrogen-bond acceptors (Lipinski definition) is 2. The van der Waals surface area contributed by atoms with E-state index in [1.807, 2.05) is 18.2 Å². The number of para-hydroxylation sites is 1. The summed E-state index contributed by atoms with van der Waals surface area (Å²) in [5.41, 5.74) is 0.688. The van der Waals surface area contributed by atoms with Gasteiger partial charge in [0.25, 0.3) is 5.91 Å². The molecule has 15 heavy (non-hydrogen) atoms. The van der Waals surface area contributed by atoms with Crippen LogP contribution in [0.3, 0.4) is 0 Å². The first-order chi connectivity index (χ1) is 7.20. The molecule has 1 unspecified atom stereocenters. The SMILES string of the molecule is O=C1C(Cl)C=CN(Cl)N1c1ccccc1. The highest BCUT2D eigenvalue weighted by atomic mass is 35.5. The quantitative estimate of drug-likeness (QED) is 0.559. The number of rotatable bonds is 1. The van der Waals surface area contributed by atoms with E-state index in [9.17, 15) is 4.79 Å². The maximum atomic E-state index is 11.8. The Bertz CT molecular complexity index is 394. The zero-order valence-corrected chi connectivity index (χ0v) is 9.19. The Morgan fingerprint density at radius 3 is 2.53 bits per heavy atom. The number of anilines is 1. The van der Waals surface area contributed by atoms with Gasteiger partial charge in [-0.1, -0.05) is 18.2 Å². The Kier molecular flexibility index (Phi) is 2.84. The largest absolute Gasteiger partial charge is 0.270 e. The van der Waals surface area contributed by atoms with E-state index in [0.717, 1.165) is 0 Å². The van der Waals surface area contributed by atoms with Crippen LogP contribution in [0.25, 0.3) is 0 Å². The van der Waals surface area contributed by atoms with Crippen LogP contribution in [0.2, 0.25) is 0 Å². The fourth-order valence-electron chi connectivity index (χ4n) is 1.31. The normalized spacial score (nSPS) is 20.9. The predicted molar refractivity (Wildman–Crippen MR) is 60.4 cm³/mol. The van der Waals surface area contributed by atoms with Gasteiger partial charge >= 0.3 is 0 Å². The molecule has 1 aliphatic heterocycles. The van der Waals surface area contributed by atoms with Gasteiger partial charge in [0.05, 0.1) is 5.69 Å². The average molecular weight is 243 g/mol. The molecule has 78 valence electrons. The van der Waals surface area contributed by atoms with Gasteiger partial charge in [-0.05, 0) is 18.2 Å². The van der Waals surface area contributed by atoms with E-state index < -0.39 is 5.38 Å². The van der Waals surface area contributed by atoms with E-state index >= 15 is 0 Å². The van der Waals surface area contributed by atoms with Crippen molar-refractivity contribution >= 4 is 35.0 Å². The second-order valence-corrected chi connectivity index (χ2v) is 3.83. The highest BCUT2D eigenvalue weighted by Crippen LogP contribution is 2.24. The van der Waals surface area contributed by atoms with Crippen molar-refractivity contribution in [3.8, 4) is 0 Å². The lowest BCUT2D eigenvalue weighted by molar-refractivity contribution is -0.119. The van der Waals surface area contributed by atoms with E-state index in [4.69, 9.17) is 23.4 Å². The standard InChI is InChI=1S/C10H8Cl2N2O/c11-9-6-7-13(12)14(10(9)15)8-4-2-1-3-5-8/h1-7,9H. The Balaban J connectivity index is 2.36. The summed E-state index contributed by atoms with van der Waals surface area (Å²) in [4.78, 5) is 11.8. The summed E-state index contributed by atoms with van der Waals surface area (Å²) in [5, 5.41) is 0.652. The fraction of sp³-hybridized carbons (Fsp3) is 0.100. The molecule has 0 spiro atoms. The minimum Gasteiger partial charge on any atom is -0.270 e. The van der Waals surface area contributed by atoms with Crippen LogP contribution >= 0.6 is 23.4 Å². The van der Waals surface area contributed by atoms with Gasteiger partial charge in [0.1, 0.15) is 5.38 Å². The minimum absolute atomic E-state index is 0.264. The lowest BCUT2D eigenvalue weighted by Gasteiger charge is -2.32. The van der Waals surface area contributed by atoms with Crippen molar-refractivity contribution in [2.75, 3.05) is 5.01 Å². The third-order valence-corrected chi connectivity index (χ3v) is 2.61. The van der Waals surface area contributed by atoms with Crippen LogP contribution in [0.4, 0.5) is 5.69 Å². The molecule has 2 rings (SSSR count). The van der Waals surface area contributed by atoms with Crippen molar-refractivity contribution in [1.29, 1.82) is 0 Å². The average Bonchev–Trinajstić information content (AvgIpc) is 2.26. The Labute approximate surface area is 97.6 Å². The summed E-state index contributed by atoms with van der Waals surface area (Å²) in [5.74, 6) is -0.264. The summed E-state index contributed by atoms with van der Waals surface area (Å²) >= 11 is 11.7. The van der Waals surface area contributed by atoms with Gasteiger partial charge in [0, 0.05) is 18.0 Å². The Morgan fingerprint density at radius 2 is 1.87 bits per heavy atom. The molecule has 5 heteroatoms. The van der Waals surface area contributed by atoms with Crippen molar-refractivity contribution in [3.63, 3.8) is 0 Å². The number of amides is 1. The number of carbonyl (C=O) groups excluding carboxylic acids is 1. The maximum absolute atomic E-state index is 11.8. The van der Waals surface area contributed by atoms with Gasteiger partial charge < -0.3 is 0 Å². The summed E-state index contributed by atoms with van der Waals surface area (Å²) in [7, 11) is 0. The van der Waals surface area contributed by atoms with Crippen LogP contribution in [0.5, 0.6) is 0 Å². The first-order valence-electron chi connectivity index (χ1n) is 4.36. The van der Waals surface area contributed by atoms with E-state index in [0.29, 0.717) is 5.69 Å². The van der Waals surface area contributed by atoms with Gasteiger partial charge in [-0.2, -0.15) is 4.53 Å². The fourth-order valence-corrected chi connectivity index (χ4v) is 1.70. The zero-order valence-electron chi connectivity index (χ0n) is 7.68. The second kappa shape index (κ2) is 4.13. The molecule has 0 N–H and O–H groups in total. The smallest absolute Gasteiger partial charge is 0.268 e. The number of alkyl halides is 1. The summed E-state index contributed by atoms with van der Waals surface area (Å²) in [6.45, 7) is 0. The molecule has 0 radical (unpaired) electrons. The number of hydrogen-bond donors (Lipinski definition) is 0. The molecule has 0 saturated carbocycles. The van der Waals surface area contributed by atoms with Crippen LogP contribution in [-0.2, 0) is 4.79 Å². The maximum Gasteiger partial charge on any atom is 0.268 e. The number of hydrazine groups is 1. The van der Waals surface area contributed by atoms with E-state index in [1.165, 1.54) is 15.6 Å². The van der Waals surface area contributed by atoms with E-state index in [-0.39, 0.29) is 5.91 Å². The number of benzene rings is 1. The van der Waals surface area contributed by atoms with Gasteiger partial charge in [0.2, 0.25) is 0 Å².